The number of hydrogen-bond acceptors (Lipinski definition) is 5. The second-order valence-electron chi connectivity index (χ2n) is 7.37. The molecular formula is C21H24N4O3. The monoisotopic (exact) mass is 380 g/mol. The van der Waals surface area contributed by atoms with Crippen LogP contribution in [0.5, 0.6) is 0 Å². The summed E-state index contributed by atoms with van der Waals surface area (Å²) in [6, 6.07) is 9.49. The van der Waals surface area contributed by atoms with Gasteiger partial charge in [0.2, 0.25) is 5.91 Å². The van der Waals surface area contributed by atoms with E-state index in [0.717, 1.165) is 16.6 Å². The third kappa shape index (κ3) is 3.76. The molecule has 28 heavy (non-hydrogen) atoms. The van der Waals surface area contributed by atoms with Crippen LogP contribution in [0.25, 0.3) is 10.9 Å². The molecule has 3 heterocycles. The lowest BCUT2D eigenvalue weighted by atomic mass is 9.95. The summed E-state index contributed by atoms with van der Waals surface area (Å²) in [6.07, 6.45) is 6.26. The minimum Gasteiger partial charge on any atom is -0.362 e. The van der Waals surface area contributed by atoms with Gasteiger partial charge >= 0.3 is 0 Å². The van der Waals surface area contributed by atoms with Crippen molar-refractivity contribution in [3.8, 4) is 0 Å². The van der Waals surface area contributed by atoms with Gasteiger partial charge in [-0.05, 0) is 24.3 Å². The van der Waals surface area contributed by atoms with E-state index in [4.69, 9.17) is 4.74 Å². The molecule has 1 aromatic heterocycles. The fourth-order valence-corrected chi connectivity index (χ4v) is 3.83. The number of ether oxygens (including phenoxy) is 1. The molecule has 0 radical (unpaired) electrons. The van der Waals surface area contributed by atoms with Gasteiger partial charge in [0.25, 0.3) is 5.91 Å². The van der Waals surface area contributed by atoms with Gasteiger partial charge in [-0.25, -0.2) is 0 Å². The zero-order chi connectivity index (χ0) is 19.6. The maximum Gasteiger partial charge on any atom is 0.256 e. The Kier molecular flexibility index (Phi) is 5.11. The third-order valence-corrected chi connectivity index (χ3v) is 5.25. The van der Waals surface area contributed by atoms with Crippen LogP contribution in [-0.2, 0) is 14.3 Å². The van der Waals surface area contributed by atoms with Gasteiger partial charge in [0, 0.05) is 50.4 Å². The topological polar surface area (TPSA) is 74.8 Å². The maximum absolute atomic E-state index is 12.8. The second-order valence-corrected chi connectivity index (χ2v) is 7.37. The Morgan fingerprint density at radius 3 is 3.11 bits per heavy atom. The van der Waals surface area contributed by atoms with Crippen LogP contribution in [0.1, 0.15) is 6.42 Å². The summed E-state index contributed by atoms with van der Waals surface area (Å²) < 4.78 is 5.92. The first-order valence-corrected chi connectivity index (χ1v) is 9.47. The molecule has 1 N–H and O–H groups in total. The molecule has 146 valence electrons. The van der Waals surface area contributed by atoms with E-state index in [1.807, 2.05) is 47.4 Å². The second kappa shape index (κ2) is 7.69. The molecule has 1 aromatic carbocycles. The Bertz CT molecular complexity index is 929. The van der Waals surface area contributed by atoms with Crippen molar-refractivity contribution >= 4 is 28.4 Å². The van der Waals surface area contributed by atoms with Crippen LogP contribution in [0.2, 0.25) is 0 Å². The van der Waals surface area contributed by atoms with Gasteiger partial charge in [-0.2, -0.15) is 0 Å². The number of pyridine rings is 1. The third-order valence-electron chi connectivity index (χ3n) is 5.25. The van der Waals surface area contributed by atoms with E-state index < -0.39 is 5.60 Å². The van der Waals surface area contributed by atoms with Gasteiger partial charge in [0.1, 0.15) is 0 Å². The van der Waals surface area contributed by atoms with E-state index in [1.165, 1.54) is 0 Å². The highest BCUT2D eigenvalue weighted by Gasteiger charge is 2.45. The van der Waals surface area contributed by atoms with E-state index in [1.54, 1.807) is 18.1 Å². The van der Waals surface area contributed by atoms with Gasteiger partial charge < -0.3 is 15.0 Å². The molecule has 1 atom stereocenters. The summed E-state index contributed by atoms with van der Waals surface area (Å²) in [5.74, 6) is -0.130. The number of morpholine rings is 1. The van der Waals surface area contributed by atoms with Crippen LogP contribution in [0, 0.1) is 0 Å². The van der Waals surface area contributed by atoms with E-state index in [9.17, 15) is 9.59 Å². The van der Waals surface area contributed by atoms with E-state index in [0.29, 0.717) is 32.7 Å². The molecule has 7 nitrogen and oxygen atoms in total. The highest BCUT2D eigenvalue weighted by Crippen LogP contribution is 2.27. The Hall–Kier alpha value is -2.77. The standard InChI is InChI=1S/C21H24N4O3/c1-24-10-3-2-8-21(20(24)27)15-25(11-12-28-21)14-19(26)23-17-6-7-18-16(13-17)5-4-9-22-18/h2-7,9,13H,8,10-12,14-15H2,1H3,(H,23,26)/t21-/m0/s1. The summed E-state index contributed by atoms with van der Waals surface area (Å²) >= 11 is 0. The zero-order valence-electron chi connectivity index (χ0n) is 15.9. The van der Waals surface area contributed by atoms with Crippen molar-refractivity contribution in [2.45, 2.75) is 12.0 Å². The number of likely N-dealkylation sites (N-methyl/N-ethyl adjacent to an activating group) is 1. The minimum atomic E-state index is -0.894. The van der Waals surface area contributed by atoms with Crippen molar-refractivity contribution < 1.29 is 14.3 Å². The van der Waals surface area contributed by atoms with Gasteiger partial charge in [0.05, 0.1) is 18.7 Å². The first kappa shape index (κ1) is 18.6. The predicted molar refractivity (Wildman–Crippen MR) is 107 cm³/mol. The van der Waals surface area contributed by atoms with Crippen LogP contribution < -0.4 is 5.32 Å². The highest BCUT2D eigenvalue weighted by atomic mass is 16.5. The van der Waals surface area contributed by atoms with Crippen molar-refractivity contribution in [2.75, 3.05) is 45.2 Å². The van der Waals surface area contributed by atoms with Crippen LogP contribution in [-0.4, -0.2) is 72.0 Å². The van der Waals surface area contributed by atoms with Crippen molar-refractivity contribution in [1.29, 1.82) is 0 Å². The van der Waals surface area contributed by atoms with Gasteiger partial charge in [0.15, 0.2) is 5.60 Å². The summed E-state index contributed by atoms with van der Waals surface area (Å²) in [5, 5.41) is 3.92. The van der Waals surface area contributed by atoms with Crippen LogP contribution in [0.15, 0.2) is 48.7 Å². The summed E-state index contributed by atoms with van der Waals surface area (Å²) in [6.45, 7) is 2.27. The van der Waals surface area contributed by atoms with Crippen molar-refractivity contribution in [3.63, 3.8) is 0 Å². The smallest absolute Gasteiger partial charge is 0.256 e. The normalized spacial score (nSPS) is 23.2. The highest BCUT2D eigenvalue weighted by molar-refractivity contribution is 5.95. The summed E-state index contributed by atoms with van der Waals surface area (Å²) in [5.41, 5.74) is 0.732. The number of nitrogens with one attached hydrogen (secondary N) is 1. The number of amides is 2. The number of carbonyl (C=O) groups excluding carboxylic acids is 2. The molecule has 4 rings (SSSR count). The van der Waals surface area contributed by atoms with E-state index in [-0.39, 0.29) is 18.4 Å². The number of aromatic nitrogens is 1. The van der Waals surface area contributed by atoms with Crippen LogP contribution in [0.3, 0.4) is 0 Å². The molecule has 1 saturated heterocycles. The summed E-state index contributed by atoms with van der Waals surface area (Å²) in [7, 11) is 1.78. The molecule has 2 aliphatic rings. The van der Waals surface area contributed by atoms with Crippen LogP contribution >= 0.6 is 0 Å². The van der Waals surface area contributed by atoms with E-state index >= 15 is 0 Å². The minimum absolute atomic E-state index is 0.0235. The number of benzene rings is 1. The molecule has 1 fully saturated rings. The van der Waals surface area contributed by atoms with Gasteiger partial charge in [-0.3, -0.25) is 19.5 Å². The lowest BCUT2D eigenvalue weighted by Crippen LogP contribution is -2.60. The van der Waals surface area contributed by atoms with Crippen molar-refractivity contribution in [3.05, 3.63) is 48.7 Å². The summed E-state index contributed by atoms with van der Waals surface area (Å²) in [4.78, 5) is 33.3. The maximum atomic E-state index is 12.8. The first-order valence-electron chi connectivity index (χ1n) is 9.47. The number of anilines is 1. The Morgan fingerprint density at radius 2 is 2.21 bits per heavy atom. The van der Waals surface area contributed by atoms with Crippen molar-refractivity contribution in [1.82, 2.24) is 14.8 Å². The number of rotatable bonds is 3. The zero-order valence-corrected chi connectivity index (χ0v) is 15.9. The van der Waals surface area contributed by atoms with Gasteiger partial charge in [-0.15, -0.1) is 0 Å². The molecular weight excluding hydrogens is 356 g/mol. The molecule has 7 heteroatoms. The average molecular weight is 380 g/mol. The Balaban J connectivity index is 1.42. The average Bonchev–Trinajstić information content (AvgIpc) is 2.82. The molecule has 2 aromatic rings. The molecule has 2 amide bonds. The quantitative estimate of drug-likeness (QED) is 0.820. The predicted octanol–water partition coefficient (Wildman–Crippen LogP) is 1.66. The first-order chi connectivity index (χ1) is 13.6. The van der Waals surface area contributed by atoms with E-state index in [2.05, 4.69) is 10.3 Å². The fourth-order valence-electron chi connectivity index (χ4n) is 3.83. The molecule has 0 aliphatic carbocycles. The SMILES string of the molecule is CN1CC=CC[C@]2(CN(CC(=O)Nc3ccc4ncccc4c3)CCO2)C1=O. The van der Waals surface area contributed by atoms with Crippen molar-refractivity contribution in [2.24, 2.45) is 0 Å². The molecule has 0 unspecified atom stereocenters. The number of fused-ring (bicyclic) bond motifs is 1. The molecule has 1 spiro atoms. The van der Waals surface area contributed by atoms with Gasteiger partial charge in [-0.1, -0.05) is 18.2 Å². The largest absolute Gasteiger partial charge is 0.362 e. The lowest BCUT2D eigenvalue weighted by Gasteiger charge is -2.41. The molecule has 0 saturated carbocycles. The molecule has 0 bridgehead atoms. The number of nitrogens with zero attached hydrogens (tertiary/aromatic N) is 3. The Morgan fingerprint density at radius 1 is 1.32 bits per heavy atom. The number of hydrogen-bond donors (Lipinski definition) is 1. The van der Waals surface area contributed by atoms with Crippen LogP contribution in [0.4, 0.5) is 5.69 Å². The fraction of sp³-hybridized carbons (Fsp3) is 0.381. The lowest BCUT2D eigenvalue weighted by molar-refractivity contribution is -0.168. The number of carbonyl (C=O) groups is 2. The molecule has 2 aliphatic heterocycles. The Labute approximate surface area is 164 Å².